The largest absolute Gasteiger partial charge is 0.433 e. The summed E-state index contributed by atoms with van der Waals surface area (Å²) >= 11 is 0. The smallest absolute Gasteiger partial charge is 0.366 e. The molecule has 0 saturated heterocycles. The van der Waals surface area contributed by atoms with Gasteiger partial charge in [-0.1, -0.05) is 0 Å². The third kappa shape index (κ3) is 5.62. The molecule has 1 amide bonds. The highest BCUT2D eigenvalue weighted by molar-refractivity contribution is 5.92. The van der Waals surface area contributed by atoms with E-state index in [1.165, 1.54) is 16.9 Å². The second-order valence-corrected chi connectivity index (χ2v) is 6.94. The van der Waals surface area contributed by atoms with Crippen LogP contribution in [0.15, 0.2) is 42.9 Å². The van der Waals surface area contributed by atoms with Crippen molar-refractivity contribution in [2.75, 3.05) is 0 Å². The molecule has 0 unspecified atom stereocenters. The Bertz CT molecular complexity index is 1070. The van der Waals surface area contributed by atoms with E-state index < -0.39 is 29.6 Å². The minimum Gasteiger partial charge on any atom is -0.366 e. The molecule has 0 aromatic carbocycles. The lowest BCUT2D eigenvalue weighted by Crippen LogP contribution is -2.13. The first-order valence-corrected chi connectivity index (χ1v) is 9.39. The monoisotopic (exact) mass is 457 g/mol. The van der Waals surface area contributed by atoms with E-state index in [0.717, 1.165) is 55.3 Å². The van der Waals surface area contributed by atoms with Crippen molar-refractivity contribution in [1.82, 2.24) is 19.7 Å². The summed E-state index contributed by atoms with van der Waals surface area (Å²) in [4.78, 5) is 16.9. The summed E-state index contributed by atoms with van der Waals surface area (Å²) in [5.74, 6) is -0.804. The van der Waals surface area contributed by atoms with Crippen LogP contribution in [-0.4, -0.2) is 25.7 Å². The third-order valence-corrected chi connectivity index (χ3v) is 4.62. The van der Waals surface area contributed by atoms with E-state index in [4.69, 9.17) is 5.73 Å². The van der Waals surface area contributed by atoms with Crippen LogP contribution in [0.3, 0.4) is 0 Å². The Hall–Kier alpha value is -3.44. The highest BCUT2D eigenvalue weighted by Gasteiger charge is 2.33. The van der Waals surface area contributed by atoms with Gasteiger partial charge in [0.1, 0.15) is 11.4 Å². The molecule has 4 rings (SSSR count). The summed E-state index contributed by atoms with van der Waals surface area (Å²) < 4.78 is 75.2. The van der Waals surface area contributed by atoms with E-state index in [9.17, 15) is 31.1 Å². The molecule has 0 radical (unpaired) electrons. The summed E-state index contributed by atoms with van der Waals surface area (Å²) in [5, 5.41) is 4.37. The second kappa shape index (κ2) is 8.97. The van der Waals surface area contributed by atoms with Crippen LogP contribution in [-0.2, 0) is 25.2 Å². The molecule has 12 heteroatoms. The number of pyridine rings is 2. The van der Waals surface area contributed by atoms with Crippen LogP contribution in [0.1, 0.15) is 45.8 Å². The Labute approximate surface area is 178 Å². The fraction of sp³-hybridized carbons (Fsp3) is 0.300. The molecule has 2 N–H and O–H groups in total. The van der Waals surface area contributed by atoms with Gasteiger partial charge in [-0.2, -0.15) is 31.4 Å². The van der Waals surface area contributed by atoms with Crippen molar-refractivity contribution in [1.29, 1.82) is 0 Å². The van der Waals surface area contributed by atoms with E-state index in [2.05, 4.69) is 15.1 Å². The van der Waals surface area contributed by atoms with Gasteiger partial charge in [0.15, 0.2) is 0 Å². The molecule has 170 valence electrons. The number of rotatable bonds is 2. The Morgan fingerprint density at radius 3 is 2.19 bits per heavy atom. The highest BCUT2D eigenvalue weighted by Crippen LogP contribution is 2.29. The number of halogens is 6. The zero-order chi connectivity index (χ0) is 23.5. The first kappa shape index (κ1) is 23.2. The number of nitrogens with zero attached hydrogens (tertiary/aromatic N) is 4. The number of amides is 1. The molecular formula is C20H17F6N5O. The Kier molecular flexibility index (Phi) is 6.51. The number of fused-ring (bicyclic) bond motifs is 1. The SMILES string of the molecule is FC(F)(F)c1cc(-n2cc3c(n2)CCCC3)ccn1.NC(=O)c1ccc(C(F)(F)F)nc1. The predicted molar refractivity (Wildman–Crippen MR) is 101 cm³/mol. The molecule has 0 saturated carbocycles. The zero-order valence-electron chi connectivity index (χ0n) is 16.4. The zero-order valence-corrected chi connectivity index (χ0v) is 16.4. The minimum absolute atomic E-state index is 0.0481. The molecule has 1 aliphatic carbocycles. The number of primary amides is 1. The number of hydrogen-bond donors (Lipinski definition) is 1. The van der Waals surface area contributed by atoms with Gasteiger partial charge >= 0.3 is 12.4 Å². The van der Waals surface area contributed by atoms with Crippen molar-refractivity contribution in [2.24, 2.45) is 5.73 Å². The van der Waals surface area contributed by atoms with E-state index in [1.54, 1.807) is 0 Å². The summed E-state index contributed by atoms with van der Waals surface area (Å²) in [5.41, 5.74) is 5.36. The molecular weight excluding hydrogens is 440 g/mol. The summed E-state index contributed by atoms with van der Waals surface area (Å²) in [6.45, 7) is 0. The van der Waals surface area contributed by atoms with Crippen molar-refractivity contribution in [3.8, 4) is 5.69 Å². The van der Waals surface area contributed by atoms with Gasteiger partial charge in [-0.15, -0.1) is 0 Å². The number of carbonyl (C=O) groups excluding carboxylic acids is 1. The van der Waals surface area contributed by atoms with Crippen molar-refractivity contribution >= 4 is 5.91 Å². The van der Waals surface area contributed by atoms with Crippen LogP contribution in [0.25, 0.3) is 5.69 Å². The first-order chi connectivity index (χ1) is 14.9. The van der Waals surface area contributed by atoms with Crippen molar-refractivity contribution in [2.45, 2.75) is 38.0 Å². The van der Waals surface area contributed by atoms with E-state index in [-0.39, 0.29) is 5.56 Å². The van der Waals surface area contributed by atoms with Crippen molar-refractivity contribution in [3.63, 3.8) is 0 Å². The van der Waals surface area contributed by atoms with Gasteiger partial charge in [-0.05, 0) is 55.5 Å². The minimum atomic E-state index is -4.49. The number of hydrogen-bond acceptors (Lipinski definition) is 4. The molecule has 0 aliphatic heterocycles. The Balaban J connectivity index is 0.000000195. The average molecular weight is 457 g/mol. The van der Waals surface area contributed by atoms with E-state index in [0.29, 0.717) is 11.8 Å². The van der Waals surface area contributed by atoms with Gasteiger partial charge in [0, 0.05) is 18.6 Å². The number of nitrogens with two attached hydrogens (primary N) is 1. The van der Waals surface area contributed by atoms with Gasteiger partial charge in [-0.25, -0.2) is 4.68 Å². The summed E-state index contributed by atoms with van der Waals surface area (Å²) in [7, 11) is 0. The summed E-state index contributed by atoms with van der Waals surface area (Å²) in [6.07, 6.45) is -1.07. The highest BCUT2D eigenvalue weighted by atomic mass is 19.4. The van der Waals surface area contributed by atoms with Crippen LogP contribution in [0, 0.1) is 0 Å². The maximum atomic E-state index is 12.6. The molecule has 3 aromatic rings. The third-order valence-electron chi connectivity index (χ3n) is 4.62. The molecule has 1 aliphatic rings. The molecule has 6 nitrogen and oxygen atoms in total. The van der Waals surface area contributed by atoms with Gasteiger partial charge < -0.3 is 5.73 Å². The van der Waals surface area contributed by atoms with Gasteiger partial charge in [0.2, 0.25) is 5.91 Å². The molecule has 3 heterocycles. The number of carbonyl (C=O) groups is 1. The topological polar surface area (TPSA) is 86.7 Å². The van der Waals surface area contributed by atoms with Gasteiger partial charge in [0.05, 0.1) is 16.9 Å². The van der Waals surface area contributed by atoms with Crippen LogP contribution >= 0.6 is 0 Å². The average Bonchev–Trinajstić information content (AvgIpc) is 3.17. The van der Waals surface area contributed by atoms with Crippen molar-refractivity contribution < 1.29 is 31.1 Å². The lowest BCUT2D eigenvalue weighted by Gasteiger charge is -2.07. The first-order valence-electron chi connectivity index (χ1n) is 9.39. The second-order valence-electron chi connectivity index (χ2n) is 6.94. The lowest BCUT2D eigenvalue weighted by atomic mass is 9.99. The van der Waals surface area contributed by atoms with Crippen LogP contribution in [0.2, 0.25) is 0 Å². The van der Waals surface area contributed by atoms with Crippen LogP contribution in [0.4, 0.5) is 26.3 Å². The number of alkyl halides is 6. The van der Waals surface area contributed by atoms with Crippen LogP contribution < -0.4 is 5.73 Å². The molecule has 0 spiro atoms. The van der Waals surface area contributed by atoms with Crippen molar-refractivity contribution in [3.05, 3.63) is 71.1 Å². The predicted octanol–water partition coefficient (Wildman–Crippen LogP) is 4.36. The Morgan fingerprint density at radius 1 is 0.938 bits per heavy atom. The maximum absolute atomic E-state index is 12.6. The molecule has 0 atom stereocenters. The Morgan fingerprint density at radius 2 is 1.62 bits per heavy atom. The molecule has 32 heavy (non-hydrogen) atoms. The van der Waals surface area contributed by atoms with Gasteiger partial charge in [-0.3, -0.25) is 14.8 Å². The lowest BCUT2D eigenvalue weighted by molar-refractivity contribution is -0.141. The summed E-state index contributed by atoms with van der Waals surface area (Å²) in [6, 6.07) is 4.25. The fourth-order valence-corrected chi connectivity index (χ4v) is 3.03. The molecule has 0 bridgehead atoms. The fourth-order valence-electron chi connectivity index (χ4n) is 3.03. The number of aryl methyl sites for hydroxylation is 2. The maximum Gasteiger partial charge on any atom is 0.433 e. The quantitative estimate of drug-likeness (QED) is 0.580. The van der Waals surface area contributed by atoms with E-state index >= 15 is 0 Å². The number of aromatic nitrogens is 4. The molecule has 3 aromatic heterocycles. The van der Waals surface area contributed by atoms with Gasteiger partial charge in [0.25, 0.3) is 0 Å². The van der Waals surface area contributed by atoms with E-state index in [1.807, 2.05) is 6.20 Å². The van der Waals surface area contributed by atoms with Crippen LogP contribution in [0.5, 0.6) is 0 Å². The standard InChI is InChI=1S/C13H12F3N3.C7H5F3N2O/c14-13(15,16)12-7-10(5-6-17-12)19-8-9-3-1-2-4-11(9)18-19;8-7(9,10)5-2-1-4(3-12-5)6(11)13/h5-8H,1-4H2;1-3H,(H2,11,13). The normalized spacial score (nSPS) is 13.7. The molecule has 0 fully saturated rings.